The molecule has 1 aromatic heterocycles. The Balaban J connectivity index is 1.57. The van der Waals surface area contributed by atoms with Gasteiger partial charge in [0.05, 0.1) is 11.7 Å². The van der Waals surface area contributed by atoms with E-state index in [-0.39, 0.29) is 6.61 Å². The first-order chi connectivity index (χ1) is 12.2. The van der Waals surface area contributed by atoms with Crippen LogP contribution >= 0.6 is 23.4 Å². The average molecular weight is 375 g/mol. The molecule has 0 saturated heterocycles. The van der Waals surface area contributed by atoms with E-state index < -0.39 is 6.10 Å². The first kappa shape index (κ1) is 18.1. The van der Waals surface area contributed by atoms with E-state index in [4.69, 9.17) is 16.3 Å². The fourth-order valence-corrected chi connectivity index (χ4v) is 3.76. The molecule has 25 heavy (non-hydrogen) atoms. The highest BCUT2D eigenvalue weighted by Crippen LogP contribution is 2.27. The minimum atomic E-state index is -0.648. The Morgan fingerprint density at radius 2 is 2.04 bits per heavy atom. The van der Waals surface area contributed by atoms with Crippen molar-refractivity contribution in [3.8, 4) is 11.8 Å². The lowest BCUT2D eigenvalue weighted by Crippen LogP contribution is -2.20. The number of hydrogen-bond donors (Lipinski definition) is 1. The van der Waals surface area contributed by atoms with Gasteiger partial charge in [0.1, 0.15) is 23.5 Å². The van der Waals surface area contributed by atoms with Crippen molar-refractivity contribution in [2.75, 3.05) is 12.4 Å². The van der Waals surface area contributed by atoms with Gasteiger partial charge in [-0.1, -0.05) is 11.6 Å². The molecule has 0 amide bonds. The van der Waals surface area contributed by atoms with Crippen molar-refractivity contribution in [3.05, 3.63) is 52.2 Å². The number of ether oxygens (including phenoxy) is 1. The largest absolute Gasteiger partial charge is 0.491 e. The summed E-state index contributed by atoms with van der Waals surface area (Å²) in [6, 6.07) is 11.2. The molecule has 0 aliphatic heterocycles. The van der Waals surface area contributed by atoms with Gasteiger partial charge in [-0.25, -0.2) is 4.98 Å². The minimum absolute atomic E-state index is 0.182. The van der Waals surface area contributed by atoms with E-state index in [0.29, 0.717) is 27.1 Å². The summed E-state index contributed by atoms with van der Waals surface area (Å²) in [5.74, 6) is 1.09. The van der Waals surface area contributed by atoms with Gasteiger partial charge < -0.3 is 9.84 Å². The Kier molecular flexibility index (Phi) is 6.19. The van der Waals surface area contributed by atoms with E-state index in [1.54, 1.807) is 24.3 Å². The average Bonchev–Trinajstić information content (AvgIpc) is 2.65. The van der Waals surface area contributed by atoms with Crippen LogP contribution in [0.15, 0.2) is 35.4 Å². The Morgan fingerprint density at radius 1 is 1.28 bits per heavy atom. The maximum absolute atomic E-state index is 10.1. The molecule has 4 nitrogen and oxygen atoms in total. The molecule has 2 aromatic rings. The summed E-state index contributed by atoms with van der Waals surface area (Å²) in [5, 5.41) is 20.9. The van der Waals surface area contributed by atoms with E-state index in [1.807, 2.05) is 6.07 Å². The summed E-state index contributed by atoms with van der Waals surface area (Å²) in [6.07, 6.45) is 3.63. The lowest BCUT2D eigenvalue weighted by molar-refractivity contribution is 0.126. The standard InChI is InChI=1S/C19H19ClN2O2S/c20-15-5-7-17(8-6-15)24-11-16(23)12-25-19-14(10-21)9-13-3-1-2-4-18(13)22-19/h5-9,16,23H,1-4,11-12H2. The van der Waals surface area contributed by atoms with Crippen LogP contribution < -0.4 is 4.74 Å². The van der Waals surface area contributed by atoms with Crippen molar-refractivity contribution in [3.63, 3.8) is 0 Å². The number of nitriles is 1. The highest BCUT2D eigenvalue weighted by Gasteiger charge is 2.16. The second-order valence-electron chi connectivity index (χ2n) is 6.00. The van der Waals surface area contributed by atoms with Gasteiger partial charge >= 0.3 is 0 Å². The Hall–Kier alpha value is -1.74. The second-order valence-corrected chi connectivity index (χ2v) is 7.44. The van der Waals surface area contributed by atoms with Gasteiger partial charge in [0.25, 0.3) is 0 Å². The van der Waals surface area contributed by atoms with E-state index in [9.17, 15) is 10.4 Å². The number of pyridine rings is 1. The molecule has 0 bridgehead atoms. The number of benzene rings is 1. The molecule has 1 aliphatic carbocycles. The quantitative estimate of drug-likeness (QED) is 0.773. The number of aliphatic hydroxyl groups is 1. The highest BCUT2D eigenvalue weighted by molar-refractivity contribution is 7.99. The van der Waals surface area contributed by atoms with Crippen molar-refractivity contribution >= 4 is 23.4 Å². The maximum Gasteiger partial charge on any atom is 0.119 e. The van der Waals surface area contributed by atoms with Crippen LogP contribution in [-0.4, -0.2) is 28.6 Å². The third-order valence-electron chi connectivity index (χ3n) is 4.05. The first-order valence-corrected chi connectivity index (χ1v) is 9.64. The molecule has 1 aliphatic rings. The molecule has 1 unspecified atom stereocenters. The van der Waals surface area contributed by atoms with Crippen molar-refractivity contribution in [2.45, 2.75) is 36.8 Å². The van der Waals surface area contributed by atoms with Gasteiger partial charge in [-0.2, -0.15) is 5.26 Å². The van der Waals surface area contributed by atoms with Crippen LogP contribution in [0.1, 0.15) is 29.7 Å². The van der Waals surface area contributed by atoms with Crippen LogP contribution in [-0.2, 0) is 12.8 Å². The molecular formula is C19H19ClN2O2S. The van der Waals surface area contributed by atoms with Crippen LogP contribution in [0.2, 0.25) is 5.02 Å². The van der Waals surface area contributed by atoms with Crippen molar-refractivity contribution in [2.24, 2.45) is 0 Å². The predicted octanol–water partition coefficient (Wildman–Crippen LogP) is 4.02. The second kappa shape index (κ2) is 8.57. The zero-order chi connectivity index (χ0) is 17.6. The first-order valence-electron chi connectivity index (χ1n) is 8.28. The Morgan fingerprint density at radius 3 is 2.80 bits per heavy atom. The minimum Gasteiger partial charge on any atom is -0.491 e. The van der Waals surface area contributed by atoms with E-state index in [2.05, 4.69) is 11.1 Å². The SMILES string of the molecule is N#Cc1cc2c(nc1SCC(O)COc1ccc(Cl)cc1)CCCC2. The van der Waals surface area contributed by atoms with Crippen LogP contribution in [0.4, 0.5) is 0 Å². The monoisotopic (exact) mass is 374 g/mol. The van der Waals surface area contributed by atoms with Crippen LogP contribution in [0.5, 0.6) is 5.75 Å². The van der Waals surface area contributed by atoms with Crippen molar-refractivity contribution in [1.82, 2.24) is 4.98 Å². The Labute approximate surface area is 156 Å². The lowest BCUT2D eigenvalue weighted by Gasteiger charge is -2.17. The van der Waals surface area contributed by atoms with Crippen molar-refractivity contribution in [1.29, 1.82) is 5.26 Å². The number of aliphatic hydroxyl groups excluding tert-OH is 1. The zero-order valence-electron chi connectivity index (χ0n) is 13.7. The molecule has 0 radical (unpaired) electrons. The molecule has 1 heterocycles. The maximum atomic E-state index is 10.1. The summed E-state index contributed by atoms with van der Waals surface area (Å²) in [6.45, 7) is 0.182. The van der Waals surface area contributed by atoms with Gasteiger partial charge in [-0.05, 0) is 61.6 Å². The molecule has 130 valence electrons. The number of hydrogen-bond acceptors (Lipinski definition) is 5. The fourth-order valence-electron chi connectivity index (χ4n) is 2.75. The Bertz CT molecular complexity index is 774. The number of aryl methyl sites for hydroxylation is 2. The predicted molar refractivity (Wildman–Crippen MR) is 99.3 cm³/mol. The van der Waals surface area contributed by atoms with Gasteiger partial charge in [0.2, 0.25) is 0 Å². The topological polar surface area (TPSA) is 66.1 Å². The summed E-state index contributed by atoms with van der Waals surface area (Å²) >= 11 is 7.23. The van der Waals surface area contributed by atoms with Gasteiger partial charge in [0, 0.05) is 16.5 Å². The molecule has 0 fully saturated rings. The van der Waals surface area contributed by atoms with Crippen LogP contribution in [0.3, 0.4) is 0 Å². The molecular weight excluding hydrogens is 356 g/mol. The summed E-state index contributed by atoms with van der Waals surface area (Å²) < 4.78 is 5.55. The number of thioether (sulfide) groups is 1. The number of nitrogens with zero attached hydrogens (tertiary/aromatic N) is 2. The van der Waals surface area contributed by atoms with E-state index >= 15 is 0 Å². The van der Waals surface area contributed by atoms with Gasteiger partial charge in [0.15, 0.2) is 0 Å². The number of fused-ring (bicyclic) bond motifs is 1. The summed E-state index contributed by atoms with van der Waals surface area (Å²) in [4.78, 5) is 4.66. The van der Waals surface area contributed by atoms with Gasteiger partial charge in [-0.3, -0.25) is 0 Å². The fraction of sp³-hybridized carbons (Fsp3) is 0.368. The lowest BCUT2D eigenvalue weighted by atomic mass is 9.95. The summed E-state index contributed by atoms with van der Waals surface area (Å²) in [5.41, 5.74) is 2.88. The number of halogens is 1. The third kappa shape index (κ3) is 4.88. The van der Waals surface area contributed by atoms with Gasteiger partial charge in [-0.15, -0.1) is 11.8 Å². The smallest absolute Gasteiger partial charge is 0.119 e. The highest BCUT2D eigenvalue weighted by atomic mass is 35.5. The zero-order valence-corrected chi connectivity index (χ0v) is 15.3. The summed E-state index contributed by atoms with van der Waals surface area (Å²) in [7, 11) is 0. The van der Waals surface area contributed by atoms with Crippen molar-refractivity contribution < 1.29 is 9.84 Å². The van der Waals surface area contributed by atoms with E-state index in [1.165, 1.54) is 17.3 Å². The van der Waals surface area contributed by atoms with E-state index in [0.717, 1.165) is 31.4 Å². The molecule has 6 heteroatoms. The molecule has 0 saturated carbocycles. The molecule has 1 aromatic carbocycles. The molecule has 1 N–H and O–H groups in total. The molecule has 3 rings (SSSR count). The normalized spacial score (nSPS) is 14.4. The van der Waals surface area contributed by atoms with Crippen LogP contribution in [0, 0.1) is 11.3 Å². The molecule has 1 atom stereocenters. The van der Waals surface area contributed by atoms with Crippen LogP contribution in [0.25, 0.3) is 0 Å². The molecule has 0 spiro atoms. The third-order valence-corrected chi connectivity index (χ3v) is 5.44. The number of rotatable bonds is 6. The number of aromatic nitrogens is 1.